The fourth-order valence-corrected chi connectivity index (χ4v) is 4.03. The maximum Gasteiger partial charge on any atom is 0.248 e. The van der Waals surface area contributed by atoms with Crippen LogP contribution in [0.3, 0.4) is 0 Å². The van der Waals surface area contributed by atoms with E-state index in [-0.39, 0.29) is 11.5 Å². The van der Waals surface area contributed by atoms with Crippen LogP contribution in [0.25, 0.3) is 0 Å². The lowest BCUT2D eigenvalue weighted by Gasteiger charge is -2.27. The van der Waals surface area contributed by atoms with E-state index in [0.29, 0.717) is 29.5 Å². The molecule has 1 aliphatic heterocycles. The van der Waals surface area contributed by atoms with Gasteiger partial charge in [0.05, 0.1) is 0 Å². The molecule has 1 aliphatic rings. The van der Waals surface area contributed by atoms with E-state index in [1.54, 1.807) is 12.1 Å². The van der Waals surface area contributed by atoms with Crippen molar-refractivity contribution in [1.29, 1.82) is 0 Å². The number of carbonyl (C=O) groups excluding carboxylic acids is 1. The van der Waals surface area contributed by atoms with Crippen molar-refractivity contribution in [2.75, 3.05) is 42.2 Å². The van der Waals surface area contributed by atoms with Crippen molar-refractivity contribution in [3.05, 3.63) is 29.3 Å². The van der Waals surface area contributed by atoms with Gasteiger partial charge in [-0.05, 0) is 50.3 Å². The smallest absolute Gasteiger partial charge is 0.248 e. The highest BCUT2D eigenvalue weighted by Crippen LogP contribution is 2.24. The molecule has 0 aliphatic carbocycles. The van der Waals surface area contributed by atoms with Crippen LogP contribution in [0.4, 0.5) is 23.5 Å². The van der Waals surface area contributed by atoms with Gasteiger partial charge in [-0.1, -0.05) is 26.8 Å². The van der Waals surface area contributed by atoms with Gasteiger partial charge < -0.3 is 21.3 Å². The molecule has 1 aromatic carbocycles. The van der Waals surface area contributed by atoms with E-state index < -0.39 is 5.91 Å². The molecule has 1 amide bonds. The fourth-order valence-electron chi connectivity index (χ4n) is 4.03. The Bertz CT molecular complexity index is 985. The van der Waals surface area contributed by atoms with Crippen molar-refractivity contribution < 1.29 is 4.79 Å². The molecule has 3 rings (SSSR count). The fraction of sp³-hybridized carbons (Fsp3) is 0.583. The standard InChI is InChI=1S/C24H38N8O/c1-15(2)32-11-10-18(13-32)26-21-28-22(30-23(29-21)31(7)14-24(4,5)6)27-19-12-17(20(25)33)9-8-16(19)3/h8-9,12,15,18H,10-11,13-14H2,1-7H3,(H2,25,33)(H2,26,27,28,29,30)/t18-/m0/s1. The maximum absolute atomic E-state index is 11.6. The first kappa shape index (κ1) is 24.7. The Morgan fingerprint density at radius 1 is 1.24 bits per heavy atom. The number of anilines is 4. The van der Waals surface area contributed by atoms with Crippen LogP contribution < -0.4 is 21.3 Å². The summed E-state index contributed by atoms with van der Waals surface area (Å²) in [7, 11) is 1.99. The molecular weight excluding hydrogens is 416 g/mol. The summed E-state index contributed by atoms with van der Waals surface area (Å²) >= 11 is 0. The topological polar surface area (TPSA) is 112 Å². The number of hydrogen-bond acceptors (Lipinski definition) is 8. The Balaban J connectivity index is 1.90. The lowest BCUT2D eigenvalue weighted by molar-refractivity contribution is 0.100. The van der Waals surface area contributed by atoms with E-state index in [4.69, 9.17) is 10.7 Å². The Morgan fingerprint density at radius 3 is 2.55 bits per heavy atom. The largest absolute Gasteiger partial charge is 0.366 e. The molecule has 1 saturated heterocycles. The van der Waals surface area contributed by atoms with E-state index in [9.17, 15) is 4.79 Å². The van der Waals surface area contributed by atoms with E-state index in [0.717, 1.165) is 37.3 Å². The number of likely N-dealkylation sites (tertiary alicyclic amines) is 1. The summed E-state index contributed by atoms with van der Waals surface area (Å²) in [6.45, 7) is 15.7. The monoisotopic (exact) mass is 454 g/mol. The van der Waals surface area contributed by atoms with Crippen LogP contribution in [0.15, 0.2) is 18.2 Å². The first-order valence-electron chi connectivity index (χ1n) is 11.6. The van der Waals surface area contributed by atoms with Gasteiger partial charge in [-0.2, -0.15) is 15.0 Å². The second-order valence-corrected chi connectivity index (χ2v) is 10.4. The maximum atomic E-state index is 11.6. The third-order valence-electron chi connectivity index (χ3n) is 5.73. The number of amides is 1. The first-order valence-corrected chi connectivity index (χ1v) is 11.6. The van der Waals surface area contributed by atoms with Crippen molar-refractivity contribution >= 4 is 29.4 Å². The molecular formula is C24H38N8O. The third kappa shape index (κ3) is 6.77. The van der Waals surface area contributed by atoms with E-state index >= 15 is 0 Å². The molecule has 1 atom stereocenters. The zero-order valence-corrected chi connectivity index (χ0v) is 20.9. The van der Waals surface area contributed by atoms with E-state index in [1.165, 1.54) is 0 Å². The molecule has 2 aromatic rings. The van der Waals surface area contributed by atoms with Gasteiger partial charge in [-0.25, -0.2) is 0 Å². The Morgan fingerprint density at radius 2 is 1.94 bits per heavy atom. The van der Waals surface area contributed by atoms with Crippen molar-refractivity contribution in [3.8, 4) is 0 Å². The SMILES string of the molecule is Cc1ccc(C(N)=O)cc1Nc1nc(N[C@H]2CCN(C(C)C)C2)nc(N(C)CC(C)(C)C)n1. The Hall–Kier alpha value is -2.94. The molecule has 33 heavy (non-hydrogen) atoms. The molecule has 0 unspecified atom stereocenters. The van der Waals surface area contributed by atoms with Crippen LogP contribution in [0.2, 0.25) is 0 Å². The summed E-state index contributed by atoms with van der Waals surface area (Å²) in [6.07, 6.45) is 1.04. The quantitative estimate of drug-likeness (QED) is 0.556. The summed E-state index contributed by atoms with van der Waals surface area (Å²) in [5.74, 6) is 1.08. The number of aromatic nitrogens is 3. The van der Waals surface area contributed by atoms with Crippen LogP contribution in [-0.4, -0.2) is 64.5 Å². The van der Waals surface area contributed by atoms with Gasteiger partial charge in [0.2, 0.25) is 23.8 Å². The molecule has 1 fully saturated rings. The van der Waals surface area contributed by atoms with Crippen molar-refractivity contribution in [1.82, 2.24) is 19.9 Å². The van der Waals surface area contributed by atoms with Crippen molar-refractivity contribution in [3.63, 3.8) is 0 Å². The number of primary amides is 1. The highest BCUT2D eigenvalue weighted by Gasteiger charge is 2.25. The number of benzene rings is 1. The van der Waals surface area contributed by atoms with Gasteiger partial charge >= 0.3 is 0 Å². The van der Waals surface area contributed by atoms with Crippen molar-refractivity contribution in [2.24, 2.45) is 11.1 Å². The second kappa shape index (κ2) is 9.91. The van der Waals surface area contributed by atoms with E-state index in [2.05, 4.69) is 60.1 Å². The average molecular weight is 455 g/mol. The van der Waals surface area contributed by atoms with Gasteiger partial charge in [-0.3, -0.25) is 9.69 Å². The highest BCUT2D eigenvalue weighted by atomic mass is 16.1. The lowest BCUT2D eigenvalue weighted by Crippen LogP contribution is -2.32. The molecule has 180 valence electrons. The number of nitrogens with two attached hydrogens (primary N) is 1. The molecule has 0 saturated carbocycles. The molecule has 2 heterocycles. The zero-order chi connectivity index (χ0) is 24.3. The predicted molar refractivity (Wildman–Crippen MR) is 134 cm³/mol. The molecule has 4 N–H and O–H groups in total. The zero-order valence-electron chi connectivity index (χ0n) is 20.9. The second-order valence-electron chi connectivity index (χ2n) is 10.4. The minimum Gasteiger partial charge on any atom is -0.366 e. The van der Waals surface area contributed by atoms with E-state index in [1.807, 2.05) is 24.9 Å². The molecule has 0 radical (unpaired) electrons. The van der Waals surface area contributed by atoms with Gasteiger partial charge in [-0.15, -0.1) is 0 Å². The molecule has 9 nitrogen and oxygen atoms in total. The van der Waals surface area contributed by atoms with Crippen LogP contribution in [0.1, 0.15) is 57.0 Å². The average Bonchev–Trinajstić information content (AvgIpc) is 3.17. The first-order chi connectivity index (χ1) is 15.4. The molecule has 0 spiro atoms. The summed E-state index contributed by atoms with van der Waals surface area (Å²) in [6, 6.07) is 6.09. The van der Waals surface area contributed by atoms with Crippen LogP contribution in [0, 0.1) is 12.3 Å². The number of nitrogens with zero attached hydrogens (tertiary/aromatic N) is 5. The van der Waals surface area contributed by atoms with Gasteiger partial charge in [0.1, 0.15) is 0 Å². The third-order valence-corrected chi connectivity index (χ3v) is 5.73. The van der Waals surface area contributed by atoms with Crippen molar-refractivity contribution in [2.45, 2.75) is 60.0 Å². The minimum absolute atomic E-state index is 0.0815. The van der Waals surface area contributed by atoms with Gasteiger partial charge in [0, 0.05) is 50.0 Å². The molecule has 0 bridgehead atoms. The van der Waals surface area contributed by atoms with Gasteiger partial charge in [0.25, 0.3) is 0 Å². The normalized spacial score (nSPS) is 16.8. The predicted octanol–water partition coefficient (Wildman–Crippen LogP) is 3.40. The molecule has 1 aromatic heterocycles. The summed E-state index contributed by atoms with van der Waals surface area (Å²) < 4.78 is 0. The number of hydrogen-bond donors (Lipinski definition) is 3. The highest BCUT2D eigenvalue weighted by molar-refractivity contribution is 5.94. The summed E-state index contributed by atoms with van der Waals surface area (Å²) in [4.78, 5) is 30.2. The Kier molecular flexibility index (Phi) is 7.41. The number of nitrogens with one attached hydrogen (secondary N) is 2. The summed E-state index contributed by atoms with van der Waals surface area (Å²) in [5, 5.41) is 6.78. The Labute approximate surface area is 197 Å². The number of rotatable bonds is 8. The van der Waals surface area contributed by atoms with Crippen LogP contribution >= 0.6 is 0 Å². The molecule has 9 heteroatoms. The van der Waals surface area contributed by atoms with Crippen LogP contribution in [0.5, 0.6) is 0 Å². The number of carbonyl (C=O) groups is 1. The minimum atomic E-state index is -0.474. The number of aryl methyl sites for hydroxylation is 1. The van der Waals surface area contributed by atoms with Crippen LogP contribution in [-0.2, 0) is 0 Å². The lowest BCUT2D eigenvalue weighted by atomic mass is 9.96. The van der Waals surface area contributed by atoms with Gasteiger partial charge in [0.15, 0.2) is 0 Å². The summed E-state index contributed by atoms with van der Waals surface area (Å²) in [5.41, 5.74) is 7.68.